The molecule has 3 nitrogen and oxygen atoms in total. The molecule has 0 aliphatic heterocycles. The minimum atomic E-state index is -0.242. The van der Waals surface area contributed by atoms with Gasteiger partial charge in [-0.1, -0.05) is 29.8 Å². The predicted octanol–water partition coefficient (Wildman–Crippen LogP) is 3.12. The Labute approximate surface area is 110 Å². The number of aliphatic imine (C=N–C) groups is 1. The zero-order chi connectivity index (χ0) is 13.3. The summed E-state index contributed by atoms with van der Waals surface area (Å²) in [4.78, 5) is 3.63. The van der Waals surface area contributed by atoms with Gasteiger partial charge in [0.1, 0.15) is 5.82 Å². The van der Waals surface area contributed by atoms with Crippen molar-refractivity contribution in [3.8, 4) is 0 Å². The van der Waals surface area contributed by atoms with E-state index in [0.29, 0.717) is 18.6 Å². The first kappa shape index (κ1) is 15.9. The zero-order valence-corrected chi connectivity index (χ0v) is 11.9. The molecule has 0 unspecified atom stereocenters. The van der Waals surface area contributed by atoms with E-state index < -0.39 is 0 Å². The third kappa shape index (κ3) is 6.26. The van der Waals surface area contributed by atoms with Crippen LogP contribution in [-0.2, 0) is 11.2 Å². The molecular weight excluding hydrogens is 287 g/mol. The van der Waals surface area contributed by atoms with E-state index in [-0.39, 0.29) is 11.8 Å². The van der Waals surface area contributed by atoms with E-state index in [4.69, 9.17) is 10.5 Å². The molecule has 0 aliphatic rings. The van der Waals surface area contributed by atoms with Gasteiger partial charge in [-0.05, 0) is 23.8 Å². The summed E-state index contributed by atoms with van der Waals surface area (Å²) in [5.41, 5.74) is 5.92. The average molecular weight is 305 g/mol. The van der Waals surface area contributed by atoms with Gasteiger partial charge in [0.15, 0.2) is 0 Å². The Morgan fingerprint density at radius 3 is 2.71 bits per heavy atom. The largest absolute Gasteiger partial charge is 0.465 e. The topological polar surface area (TPSA) is 47.6 Å². The van der Waals surface area contributed by atoms with Gasteiger partial charge in [0.2, 0.25) is 0 Å². The van der Waals surface area contributed by atoms with E-state index in [2.05, 4.69) is 20.9 Å². The number of nitrogens with two attached hydrogens (primary N) is 1. The number of amidine groups is 1. The molecule has 0 radical (unpaired) electrons. The van der Waals surface area contributed by atoms with Crippen molar-refractivity contribution in [2.45, 2.75) is 20.3 Å². The van der Waals surface area contributed by atoms with Crippen LogP contribution in [0.3, 0.4) is 0 Å². The second-order valence-electron chi connectivity index (χ2n) is 2.90. The number of halogens is 2. The highest BCUT2D eigenvalue weighted by atomic mass is 79.9. The number of benzene rings is 1. The van der Waals surface area contributed by atoms with E-state index in [1.54, 1.807) is 12.1 Å². The Balaban J connectivity index is 0.00000121. The SMILES string of the molecule is CC.CN=C(N)OCCc1cc(Br)ccc1F. The molecule has 0 heterocycles. The molecule has 0 aromatic heterocycles. The Morgan fingerprint density at radius 1 is 1.47 bits per heavy atom. The lowest BCUT2D eigenvalue weighted by Crippen LogP contribution is -2.17. The standard InChI is InChI=1S/C10H12BrFN2O.C2H6/c1-14-10(13)15-5-4-7-6-8(11)2-3-9(7)12;1-2/h2-3,6H,4-5H2,1H3,(H2,13,14);1-2H3. The van der Waals surface area contributed by atoms with Crippen molar-refractivity contribution >= 4 is 22.0 Å². The van der Waals surface area contributed by atoms with Gasteiger partial charge in [0.25, 0.3) is 6.02 Å². The molecule has 17 heavy (non-hydrogen) atoms. The Hall–Kier alpha value is -1.10. The van der Waals surface area contributed by atoms with E-state index in [1.165, 1.54) is 13.1 Å². The van der Waals surface area contributed by atoms with Crippen molar-refractivity contribution < 1.29 is 9.13 Å². The van der Waals surface area contributed by atoms with Crippen molar-refractivity contribution in [3.63, 3.8) is 0 Å². The molecule has 0 amide bonds. The lowest BCUT2D eigenvalue weighted by Gasteiger charge is -2.05. The number of hydrogen-bond acceptors (Lipinski definition) is 2. The van der Waals surface area contributed by atoms with E-state index in [9.17, 15) is 4.39 Å². The minimum absolute atomic E-state index is 0.116. The summed E-state index contributed by atoms with van der Waals surface area (Å²) in [7, 11) is 1.54. The third-order valence-corrected chi connectivity index (χ3v) is 2.34. The predicted molar refractivity (Wildman–Crippen MR) is 72.7 cm³/mol. The molecule has 0 aliphatic carbocycles. The molecule has 0 fully saturated rings. The second-order valence-corrected chi connectivity index (χ2v) is 3.81. The highest BCUT2D eigenvalue weighted by Crippen LogP contribution is 2.15. The minimum Gasteiger partial charge on any atom is -0.465 e. The molecule has 0 saturated carbocycles. The smallest absolute Gasteiger partial charge is 0.281 e. The maximum atomic E-state index is 13.2. The lowest BCUT2D eigenvalue weighted by molar-refractivity contribution is 0.301. The molecule has 2 N–H and O–H groups in total. The van der Waals surface area contributed by atoms with Gasteiger partial charge in [-0.2, -0.15) is 0 Å². The molecule has 1 rings (SSSR count). The van der Waals surface area contributed by atoms with Gasteiger partial charge in [-0.25, -0.2) is 9.38 Å². The van der Waals surface area contributed by atoms with Gasteiger partial charge in [-0.15, -0.1) is 0 Å². The van der Waals surface area contributed by atoms with Crippen molar-refractivity contribution in [3.05, 3.63) is 34.1 Å². The van der Waals surface area contributed by atoms with Crippen LogP contribution >= 0.6 is 15.9 Å². The fraction of sp³-hybridized carbons (Fsp3) is 0.417. The van der Waals surface area contributed by atoms with Crippen LogP contribution in [0.4, 0.5) is 4.39 Å². The maximum Gasteiger partial charge on any atom is 0.281 e. The molecule has 0 bridgehead atoms. The van der Waals surface area contributed by atoms with Crippen molar-refractivity contribution in [2.75, 3.05) is 13.7 Å². The highest BCUT2D eigenvalue weighted by molar-refractivity contribution is 9.10. The normalized spacial score (nSPS) is 10.5. The fourth-order valence-corrected chi connectivity index (χ4v) is 1.47. The van der Waals surface area contributed by atoms with Crippen LogP contribution in [0, 0.1) is 5.82 Å². The number of nitrogens with zero attached hydrogens (tertiary/aromatic N) is 1. The summed E-state index contributed by atoms with van der Waals surface area (Å²) in [6.07, 6.45) is 0.460. The fourth-order valence-electron chi connectivity index (χ4n) is 1.07. The van der Waals surface area contributed by atoms with Crippen LogP contribution in [0.1, 0.15) is 19.4 Å². The summed E-state index contributed by atoms with van der Waals surface area (Å²) in [5, 5.41) is 0. The Morgan fingerprint density at radius 2 is 2.12 bits per heavy atom. The molecule has 96 valence electrons. The number of rotatable bonds is 3. The van der Waals surface area contributed by atoms with Crippen LogP contribution in [0.5, 0.6) is 0 Å². The molecule has 0 atom stereocenters. The quantitative estimate of drug-likeness (QED) is 0.689. The summed E-state index contributed by atoms with van der Waals surface area (Å²) >= 11 is 3.27. The summed E-state index contributed by atoms with van der Waals surface area (Å²) in [6.45, 7) is 4.32. The van der Waals surface area contributed by atoms with Crippen LogP contribution in [0.15, 0.2) is 27.7 Å². The van der Waals surface area contributed by atoms with Gasteiger partial charge in [-0.3, -0.25) is 0 Å². The number of ether oxygens (including phenoxy) is 1. The van der Waals surface area contributed by atoms with Crippen LogP contribution < -0.4 is 5.73 Å². The molecule has 1 aromatic rings. The average Bonchev–Trinajstić information content (AvgIpc) is 2.35. The highest BCUT2D eigenvalue weighted by Gasteiger charge is 2.03. The molecule has 0 spiro atoms. The Bertz CT molecular complexity index is 370. The molecular formula is C12H18BrFN2O. The maximum absolute atomic E-state index is 13.2. The van der Waals surface area contributed by atoms with Gasteiger partial charge in [0.05, 0.1) is 6.61 Å². The van der Waals surface area contributed by atoms with Gasteiger partial charge < -0.3 is 10.5 Å². The molecule has 1 aromatic carbocycles. The number of hydrogen-bond donors (Lipinski definition) is 1. The first-order valence-electron chi connectivity index (χ1n) is 5.42. The van der Waals surface area contributed by atoms with Crippen LogP contribution in [-0.4, -0.2) is 19.7 Å². The summed E-state index contributed by atoms with van der Waals surface area (Å²) in [6, 6.07) is 4.90. The van der Waals surface area contributed by atoms with Crippen LogP contribution in [0.2, 0.25) is 0 Å². The first-order valence-corrected chi connectivity index (χ1v) is 6.21. The van der Waals surface area contributed by atoms with Crippen LogP contribution in [0.25, 0.3) is 0 Å². The summed E-state index contributed by atoms with van der Waals surface area (Å²) < 4.78 is 19.1. The van der Waals surface area contributed by atoms with Crippen molar-refractivity contribution in [1.29, 1.82) is 0 Å². The van der Waals surface area contributed by atoms with E-state index >= 15 is 0 Å². The van der Waals surface area contributed by atoms with E-state index in [0.717, 1.165) is 4.47 Å². The van der Waals surface area contributed by atoms with Gasteiger partial charge >= 0.3 is 0 Å². The van der Waals surface area contributed by atoms with Gasteiger partial charge in [0, 0.05) is 17.9 Å². The zero-order valence-electron chi connectivity index (χ0n) is 10.3. The second kappa shape index (κ2) is 8.98. The monoisotopic (exact) mass is 304 g/mol. The molecule has 5 heteroatoms. The lowest BCUT2D eigenvalue weighted by atomic mass is 10.1. The van der Waals surface area contributed by atoms with E-state index in [1.807, 2.05) is 13.8 Å². The third-order valence-electron chi connectivity index (χ3n) is 1.85. The first-order chi connectivity index (χ1) is 8.13. The molecule has 0 saturated heterocycles. The summed E-state index contributed by atoms with van der Waals surface area (Å²) in [5.74, 6) is -0.242. The Kier molecular flexibility index (Phi) is 8.40. The van der Waals surface area contributed by atoms with Crippen molar-refractivity contribution in [1.82, 2.24) is 0 Å². The van der Waals surface area contributed by atoms with Crippen molar-refractivity contribution in [2.24, 2.45) is 10.7 Å².